The first-order valence-corrected chi connectivity index (χ1v) is 3.54. The summed E-state index contributed by atoms with van der Waals surface area (Å²) in [7, 11) is 1.72. The van der Waals surface area contributed by atoms with E-state index in [1.165, 1.54) is 19.3 Å². The molecule has 9 heavy (non-hydrogen) atoms. The molecule has 0 aromatic heterocycles. The zero-order chi connectivity index (χ0) is 6.53. The van der Waals surface area contributed by atoms with Crippen LogP contribution in [0.25, 0.3) is 0 Å². The van der Waals surface area contributed by atoms with Crippen molar-refractivity contribution in [2.24, 2.45) is 0 Å². The third-order valence-corrected chi connectivity index (χ3v) is 1.63. The largest absolute Gasteiger partial charge is 0.382 e. The summed E-state index contributed by atoms with van der Waals surface area (Å²) < 4.78 is 10.3. The molecule has 0 saturated carbocycles. The molecule has 0 aliphatic carbocycles. The monoisotopic (exact) mass is 130 g/mol. The van der Waals surface area contributed by atoms with E-state index in [4.69, 9.17) is 9.47 Å². The summed E-state index contributed by atoms with van der Waals surface area (Å²) in [5, 5.41) is 0. The molecule has 1 atom stereocenters. The molecule has 0 spiro atoms. The van der Waals surface area contributed by atoms with Crippen LogP contribution in [0, 0.1) is 0 Å². The third-order valence-electron chi connectivity index (χ3n) is 1.63. The highest BCUT2D eigenvalue weighted by Crippen LogP contribution is 2.11. The van der Waals surface area contributed by atoms with Crippen LogP contribution in [0.15, 0.2) is 0 Å². The van der Waals surface area contributed by atoms with Crippen molar-refractivity contribution in [3.63, 3.8) is 0 Å². The Morgan fingerprint density at radius 2 is 2.44 bits per heavy atom. The average Bonchev–Trinajstić information content (AvgIpc) is 1.91. The molecule has 1 heterocycles. The quantitative estimate of drug-likeness (QED) is 0.559. The van der Waals surface area contributed by atoms with E-state index >= 15 is 0 Å². The smallest absolute Gasteiger partial charge is 0.0808 e. The highest BCUT2D eigenvalue weighted by Gasteiger charge is 2.12. The van der Waals surface area contributed by atoms with Crippen molar-refractivity contribution < 1.29 is 9.47 Å². The van der Waals surface area contributed by atoms with E-state index in [1.54, 1.807) is 7.11 Å². The lowest BCUT2D eigenvalue weighted by atomic mass is 10.1. The van der Waals surface area contributed by atoms with Gasteiger partial charge in [0, 0.05) is 13.7 Å². The Labute approximate surface area is 56.2 Å². The predicted molar refractivity (Wildman–Crippen MR) is 35.5 cm³/mol. The van der Waals surface area contributed by atoms with Gasteiger partial charge in [0.1, 0.15) is 0 Å². The van der Waals surface area contributed by atoms with Gasteiger partial charge in [0.2, 0.25) is 0 Å². The Kier molecular flexibility index (Phi) is 3.01. The molecule has 1 aliphatic rings. The van der Waals surface area contributed by atoms with E-state index in [9.17, 15) is 0 Å². The minimum atomic E-state index is 0.378. The molecule has 2 heteroatoms. The second-order valence-corrected chi connectivity index (χ2v) is 2.44. The second-order valence-electron chi connectivity index (χ2n) is 2.44. The standard InChI is InChI=1S/C7H14O2/c1-8-6-7-4-2-3-5-9-7/h7H,2-6H2,1H3/t7-/m0/s1. The molecular weight excluding hydrogens is 116 g/mol. The first-order valence-electron chi connectivity index (χ1n) is 3.54. The van der Waals surface area contributed by atoms with Crippen LogP contribution in [0.3, 0.4) is 0 Å². The Bertz CT molecular complexity index is 64.6. The number of methoxy groups -OCH3 is 1. The lowest BCUT2D eigenvalue weighted by molar-refractivity contribution is -0.0289. The molecule has 1 aliphatic heterocycles. The normalized spacial score (nSPS) is 28.3. The molecule has 0 radical (unpaired) electrons. The first kappa shape index (κ1) is 7.03. The Hall–Kier alpha value is -0.0800. The van der Waals surface area contributed by atoms with E-state index in [0.29, 0.717) is 6.10 Å². The topological polar surface area (TPSA) is 18.5 Å². The van der Waals surface area contributed by atoms with Gasteiger partial charge >= 0.3 is 0 Å². The molecule has 54 valence electrons. The van der Waals surface area contributed by atoms with Crippen molar-refractivity contribution in [1.29, 1.82) is 0 Å². The Morgan fingerprint density at radius 3 is 3.00 bits per heavy atom. The van der Waals surface area contributed by atoms with Crippen molar-refractivity contribution >= 4 is 0 Å². The number of hydrogen-bond donors (Lipinski definition) is 0. The molecule has 0 amide bonds. The Balaban J connectivity index is 2.08. The summed E-state index contributed by atoms with van der Waals surface area (Å²) in [5.74, 6) is 0. The molecule has 2 nitrogen and oxygen atoms in total. The van der Waals surface area contributed by atoms with Crippen LogP contribution in [0.2, 0.25) is 0 Å². The molecule has 0 aromatic carbocycles. The zero-order valence-corrected chi connectivity index (χ0v) is 5.93. The molecule has 0 N–H and O–H groups in total. The van der Waals surface area contributed by atoms with Gasteiger partial charge in [0.05, 0.1) is 12.7 Å². The fourth-order valence-electron chi connectivity index (χ4n) is 1.12. The number of rotatable bonds is 2. The van der Waals surface area contributed by atoms with E-state index < -0.39 is 0 Å². The summed E-state index contributed by atoms with van der Waals surface area (Å²) in [6.45, 7) is 1.69. The van der Waals surface area contributed by atoms with Gasteiger partial charge in [-0.3, -0.25) is 0 Å². The minimum Gasteiger partial charge on any atom is -0.382 e. The average molecular weight is 130 g/mol. The molecular formula is C7H14O2. The van der Waals surface area contributed by atoms with Gasteiger partial charge in [-0.25, -0.2) is 0 Å². The molecule has 0 bridgehead atoms. The van der Waals surface area contributed by atoms with Crippen LogP contribution >= 0.6 is 0 Å². The van der Waals surface area contributed by atoms with Gasteiger partial charge < -0.3 is 9.47 Å². The van der Waals surface area contributed by atoms with Crippen molar-refractivity contribution in [1.82, 2.24) is 0 Å². The van der Waals surface area contributed by atoms with Gasteiger partial charge in [-0.15, -0.1) is 0 Å². The summed E-state index contributed by atoms with van der Waals surface area (Å²) in [6.07, 6.45) is 4.07. The Morgan fingerprint density at radius 1 is 1.56 bits per heavy atom. The van der Waals surface area contributed by atoms with Crippen molar-refractivity contribution in [3.05, 3.63) is 0 Å². The van der Waals surface area contributed by atoms with Gasteiger partial charge in [0.15, 0.2) is 0 Å². The first-order chi connectivity index (χ1) is 4.43. The molecule has 0 aromatic rings. The van der Waals surface area contributed by atoms with E-state index in [0.717, 1.165) is 13.2 Å². The van der Waals surface area contributed by atoms with Crippen LogP contribution in [-0.4, -0.2) is 26.4 Å². The third kappa shape index (κ3) is 2.33. The number of ether oxygens (including phenoxy) is 2. The van der Waals surface area contributed by atoms with Crippen molar-refractivity contribution in [2.75, 3.05) is 20.3 Å². The van der Waals surface area contributed by atoms with Crippen molar-refractivity contribution in [3.8, 4) is 0 Å². The lowest BCUT2D eigenvalue weighted by Gasteiger charge is -2.21. The molecule has 1 rings (SSSR count). The summed E-state index contributed by atoms with van der Waals surface area (Å²) in [4.78, 5) is 0. The van der Waals surface area contributed by atoms with E-state index in [-0.39, 0.29) is 0 Å². The van der Waals surface area contributed by atoms with E-state index in [2.05, 4.69) is 0 Å². The maximum absolute atomic E-state index is 5.39. The van der Waals surface area contributed by atoms with Crippen LogP contribution in [-0.2, 0) is 9.47 Å². The zero-order valence-electron chi connectivity index (χ0n) is 5.93. The van der Waals surface area contributed by atoms with Crippen LogP contribution < -0.4 is 0 Å². The summed E-state index contributed by atoms with van der Waals surface area (Å²) >= 11 is 0. The van der Waals surface area contributed by atoms with Gasteiger partial charge in [-0.1, -0.05) is 0 Å². The molecule has 0 unspecified atom stereocenters. The van der Waals surface area contributed by atoms with Crippen LogP contribution in [0.4, 0.5) is 0 Å². The summed E-state index contributed by atoms with van der Waals surface area (Å²) in [6, 6.07) is 0. The fraction of sp³-hybridized carbons (Fsp3) is 1.00. The van der Waals surface area contributed by atoms with E-state index in [1.807, 2.05) is 0 Å². The van der Waals surface area contributed by atoms with Gasteiger partial charge in [-0.05, 0) is 19.3 Å². The molecule has 1 fully saturated rings. The second kappa shape index (κ2) is 3.85. The van der Waals surface area contributed by atoms with Crippen LogP contribution in [0.5, 0.6) is 0 Å². The number of hydrogen-bond acceptors (Lipinski definition) is 2. The van der Waals surface area contributed by atoms with Crippen molar-refractivity contribution in [2.45, 2.75) is 25.4 Å². The SMILES string of the molecule is COC[C@@H]1CCCCO1. The maximum Gasteiger partial charge on any atom is 0.0808 e. The lowest BCUT2D eigenvalue weighted by Crippen LogP contribution is -2.23. The maximum atomic E-state index is 5.39. The highest BCUT2D eigenvalue weighted by atomic mass is 16.5. The fourth-order valence-corrected chi connectivity index (χ4v) is 1.12. The molecule has 1 saturated heterocycles. The highest BCUT2D eigenvalue weighted by molar-refractivity contribution is 4.61. The van der Waals surface area contributed by atoms with Gasteiger partial charge in [-0.2, -0.15) is 0 Å². The van der Waals surface area contributed by atoms with Gasteiger partial charge in [0.25, 0.3) is 0 Å². The minimum absolute atomic E-state index is 0.378. The predicted octanol–water partition coefficient (Wildman–Crippen LogP) is 1.20. The summed E-state index contributed by atoms with van der Waals surface area (Å²) in [5.41, 5.74) is 0. The van der Waals surface area contributed by atoms with Crippen LogP contribution in [0.1, 0.15) is 19.3 Å².